The largest absolute Gasteiger partial charge is 0.302 e. The van der Waals surface area contributed by atoms with Gasteiger partial charge in [-0.25, -0.2) is 13.4 Å². The van der Waals surface area contributed by atoms with E-state index in [-0.39, 0.29) is 23.3 Å². The molecule has 0 spiro atoms. The fraction of sp³-hybridized carbons (Fsp3) is 0.375. The fourth-order valence-electron chi connectivity index (χ4n) is 2.75. The summed E-state index contributed by atoms with van der Waals surface area (Å²) < 4.78 is 27.8. The smallest absolute Gasteiger partial charge is 0.243 e. The molecular formula is C16H18BrN3O3S2. The van der Waals surface area contributed by atoms with Gasteiger partial charge in [-0.15, -0.1) is 11.3 Å². The van der Waals surface area contributed by atoms with Crippen LogP contribution in [-0.2, 0) is 14.8 Å². The van der Waals surface area contributed by atoms with Crippen LogP contribution in [0.3, 0.4) is 0 Å². The Morgan fingerprint density at radius 1 is 1.36 bits per heavy atom. The van der Waals surface area contributed by atoms with Gasteiger partial charge in [-0.1, -0.05) is 15.9 Å². The third kappa shape index (κ3) is 4.28. The molecule has 0 aliphatic carbocycles. The van der Waals surface area contributed by atoms with Crippen LogP contribution in [0, 0.1) is 12.8 Å². The second-order valence-electron chi connectivity index (χ2n) is 5.94. The van der Waals surface area contributed by atoms with E-state index in [1.807, 2.05) is 12.3 Å². The number of benzene rings is 1. The van der Waals surface area contributed by atoms with Gasteiger partial charge in [-0.3, -0.25) is 4.79 Å². The first kappa shape index (κ1) is 18.5. The number of amides is 1. The summed E-state index contributed by atoms with van der Waals surface area (Å²) in [5, 5.41) is 5.21. The van der Waals surface area contributed by atoms with Gasteiger partial charge in [0.1, 0.15) is 0 Å². The van der Waals surface area contributed by atoms with Gasteiger partial charge in [0.25, 0.3) is 0 Å². The van der Waals surface area contributed by atoms with Crippen molar-refractivity contribution in [1.29, 1.82) is 0 Å². The number of piperidine rings is 1. The molecule has 0 bridgehead atoms. The van der Waals surface area contributed by atoms with Gasteiger partial charge in [0.2, 0.25) is 15.9 Å². The molecule has 9 heteroatoms. The Balaban J connectivity index is 1.71. The third-order valence-electron chi connectivity index (χ3n) is 4.06. The Morgan fingerprint density at radius 3 is 2.72 bits per heavy atom. The number of aromatic nitrogens is 1. The van der Waals surface area contributed by atoms with Crippen molar-refractivity contribution in [3.63, 3.8) is 0 Å². The lowest BCUT2D eigenvalue weighted by molar-refractivity contribution is -0.120. The maximum atomic E-state index is 12.8. The number of nitrogens with zero attached hydrogens (tertiary/aromatic N) is 2. The number of carbonyl (C=O) groups is 1. The number of hydrogen-bond donors (Lipinski definition) is 1. The summed E-state index contributed by atoms with van der Waals surface area (Å²) in [5.41, 5.74) is 0.850. The number of carbonyl (C=O) groups excluding carboxylic acids is 1. The molecule has 1 amide bonds. The Labute approximate surface area is 159 Å². The Morgan fingerprint density at radius 2 is 2.08 bits per heavy atom. The number of hydrogen-bond acceptors (Lipinski definition) is 5. The summed E-state index contributed by atoms with van der Waals surface area (Å²) in [6, 6.07) is 6.54. The normalized spacial score (nSPS) is 18.9. The molecule has 134 valence electrons. The van der Waals surface area contributed by atoms with Crippen LogP contribution in [0.15, 0.2) is 39.0 Å². The van der Waals surface area contributed by atoms with E-state index in [4.69, 9.17) is 0 Å². The Hall–Kier alpha value is -1.29. The van der Waals surface area contributed by atoms with E-state index >= 15 is 0 Å². The summed E-state index contributed by atoms with van der Waals surface area (Å²) >= 11 is 4.67. The average Bonchev–Trinajstić information content (AvgIpc) is 3.00. The Bertz CT molecular complexity index is 865. The number of rotatable bonds is 4. The zero-order valence-electron chi connectivity index (χ0n) is 13.6. The minimum atomic E-state index is -3.59. The highest BCUT2D eigenvalue weighted by atomic mass is 79.9. The van der Waals surface area contributed by atoms with E-state index < -0.39 is 10.0 Å². The SMILES string of the molecule is Cc1csc(NC(=O)C2CCCN(S(=O)(=O)c3ccc(Br)cc3)C2)n1. The van der Waals surface area contributed by atoms with Crippen molar-refractivity contribution in [2.45, 2.75) is 24.7 Å². The van der Waals surface area contributed by atoms with E-state index in [0.29, 0.717) is 24.5 Å². The predicted octanol–water partition coefficient (Wildman–Crippen LogP) is 3.25. The van der Waals surface area contributed by atoms with Crippen LogP contribution in [-0.4, -0.2) is 36.7 Å². The lowest BCUT2D eigenvalue weighted by Gasteiger charge is -2.31. The highest BCUT2D eigenvalue weighted by Crippen LogP contribution is 2.26. The molecular weight excluding hydrogens is 426 g/mol. The lowest BCUT2D eigenvalue weighted by Crippen LogP contribution is -2.43. The summed E-state index contributed by atoms with van der Waals surface area (Å²) in [7, 11) is -3.59. The van der Waals surface area contributed by atoms with Crippen LogP contribution in [0.5, 0.6) is 0 Å². The second-order valence-corrected chi connectivity index (χ2v) is 9.65. The maximum absolute atomic E-state index is 12.8. The summed E-state index contributed by atoms with van der Waals surface area (Å²) in [6.45, 7) is 2.48. The molecule has 0 radical (unpaired) electrons. The van der Waals surface area contributed by atoms with Crippen LogP contribution >= 0.6 is 27.3 Å². The molecule has 1 unspecified atom stereocenters. The topological polar surface area (TPSA) is 79.4 Å². The quantitative estimate of drug-likeness (QED) is 0.785. The molecule has 2 aromatic rings. The van der Waals surface area contributed by atoms with Crippen molar-refractivity contribution in [2.24, 2.45) is 5.92 Å². The standard InChI is InChI=1S/C16H18BrN3O3S2/c1-11-10-24-16(18-11)19-15(21)12-3-2-8-20(9-12)25(22,23)14-6-4-13(17)5-7-14/h4-7,10,12H,2-3,8-9H2,1H3,(H,18,19,21). The van der Waals surface area contributed by atoms with E-state index in [1.54, 1.807) is 24.3 Å². The number of halogens is 1. The molecule has 1 N–H and O–H groups in total. The lowest BCUT2D eigenvalue weighted by atomic mass is 9.99. The molecule has 0 saturated carbocycles. The zero-order chi connectivity index (χ0) is 18.0. The molecule has 1 aliphatic rings. The van der Waals surface area contributed by atoms with Crippen molar-refractivity contribution in [1.82, 2.24) is 9.29 Å². The molecule has 6 nitrogen and oxygen atoms in total. The Kier molecular flexibility index (Phi) is 5.57. The summed E-state index contributed by atoms with van der Waals surface area (Å²) in [4.78, 5) is 16.9. The number of anilines is 1. The fourth-order valence-corrected chi connectivity index (χ4v) is 5.23. The molecule has 1 aromatic carbocycles. The molecule has 1 fully saturated rings. The first-order valence-electron chi connectivity index (χ1n) is 7.85. The minimum absolute atomic E-state index is 0.176. The van der Waals surface area contributed by atoms with Crippen molar-refractivity contribution >= 4 is 48.3 Å². The second kappa shape index (κ2) is 7.53. The van der Waals surface area contributed by atoms with Crippen LogP contribution < -0.4 is 5.32 Å². The van der Waals surface area contributed by atoms with Crippen molar-refractivity contribution in [3.8, 4) is 0 Å². The molecule has 1 aliphatic heterocycles. The monoisotopic (exact) mass is 443 g/mol. The summed E-state index contributed by atoms with van der Waals surface area (Å²) in [6.07, 6.45) is 1.33. The predicted molar refractivity (Wildman–Crippen MR) is 101 cm³/mol. The average molecular weight is 444 g/mol. The highest BCUT2D eigenvalue weighted by molar-refractivity contribution is 9.10. The third-order valence-corrected chi connectivity index (χ3v) is 7.34. The number of nitrogens with one attached hydrogen (secondary N) is 1. The van der Waals surface area contributed by atoms with E-state index in [1.165, 1.54) is 15.6 Å². The van der Waals surface area contributed by atoms with E-state index in [0.717, 1.165) is 10.2 Å². The first-order valence-corrected chi connectivity index (χ1v) is 11.0. The molecule has 3 rings (SSSR count). The number of thiazole rings is 1. The minimum Gasteiger partial charge on any atom is -0.302 e. The van der Waals surface area contributed by atoms with Gasteiger partial charge in [-0.2, -0.15) is 4.31 Å². The summed E-state index contributed by atoms with van der Waals surface area (Å²) in [5.74, 6) is -0.548. The molecule has 1 saturated heterocycles. The van der Waals surface area contributed by atoms with Crippen molar-refractivity contribution in [2.75, 3.05) is 18.4 Å². The van der Waals surface area contributed by atoms with Crippen molar-refractivity contribution < 1.29 is 13.2 Å². The van der Waals surface area contributed by atoms with Gasteiger partial charge < -0.3 is 5.32 Å². The van der Waals surface area contributed by atoms with Crippen LogP contribution in [0.4, 0.5) is 5.13 Å². The van der Waals surface area contributed by atoms with Crippen LogP contribution in [0.1, 0.15) is 18.5 Å². The van der Waals surface area contributed by atoms with Gasteiger partial charge >= 0.3 is 0 Å². The van der Waals surface area contributed by atoms with E-state index in [9.17, 15) is 13.2 Å². The first-order chi connectivity index (χ1) is 11.9. The van der Waals surface area contributed by atoms with Gasteiger partial charge in [0, 0.05) is 22.9 Å². The number of sulfonamides is 1. The number of aryl methyl sites for hydroxylation is 1. The zero-order valence-corrected chi connectivity index (χ0v) is 16.8. The van der Waals surface area contributed by atoms with Crippen LogP contribution in [0.25, 0.3) is 0 Å². The van der Waals surface area contributed by atoms with E-state index in [2.05, 4.69) is 26.2 Å². The highest BCUT2D eigenvalue weighted by Gasteiger charge is 2.33. The van der Waals surface area contributed by atoms with Gasteiger partial charge in [-0.05, 0) is 44.0 Å². The maximum Gasteiger partial charge on any atom is 0.243 e. The van der Waals surface area contributed by atoms with Gasteiger partial charge in [0.05, 0.1) is 16.5 Å². The van der Waals surface area contributed by atoms with Gasteiger partial charge in [0.15, 0.2) is 5.13 Å². The van der Waals surface area contributed by atoms with Crippen molar-refractivity contribution in [3.05, 3.63) is 39.8 Å². The molecule has 2 heterocycles. The molecule has 1 atom stereocenters. The van der Waals surface area contributed by atoms with Crippen LogP contribution in [0.2, 0.25) is 0 Å². The molecule has 1 aromatic heterocycles. The molecule has 25 heavy (non-hydrogen) atoms.